The molecule has 0 aliphatic carbocycles. The number of halogens is 1. The zero-order chi connectivity index (χ0) is 23.4. The number of benzene rings is 3. The van der Waals surface area contributed by atoms with Crippen LogP contribution in [0, 0.1) is 5.41 Å². The number of rotatable bonds is 7. The van der Waals surface area contributed by atoms with Gasteiger partial charge in [0.25, 0.3) is 10.0 Å². The molecule has 0 bridgehead atoms. The van der Waals surface area contributed by atoms with E-state index >= 15 is 0 Å². The van der Waals surface area contributed by atoms with Gasteiger partial charge in [-0.2, -0.15) is 0 Å². The first-order valence-electron chi connectivity index (χ1n) is 10.8. The van der Waals surface area contributed by atoms with Crippen LogP contribution in [0.3, 0.4) is 0 Å². The van der Waals surface area contributed by atoms with Crippen molar-refractivity contribution in [3.05, 3.63) is 89.5 Å². The zero-order valence-electron chi connectivity index (χ0n) is 18.5. The van der Waals surface area contributed by atoms with Crippen LogP contribution >= 0.6 is 12.4 Å². The zero-order valence-corrected chi connectivity index (χ0v) is 20.2. The number of fused-ring (bicyclic) bond motifs is 1. The molecule has 0 radical (unpaired) electrons. The molecule has 178 valence electrons. The number of hydrogen-bond donors (Lipinski definition) is 3. The van der Waals surface area contributed by atoms with E-state index in [1.54, 1.807) is 59.5 Å². The van der Waals surface area contributed by atoms with Crippen molar-refractivity contribution in [1.29, 1.82) is 5.41 Å². The summed E-state index contributed by atoms with van der Waals surface area (Å²) in [5.74, 6) is 0.0101. The number of amides is 1. The fraction of sp³-hybridized carbons (Fsp3) is 0.200. The Kier molecular flexibility index (Phi) is 7.96. The molecule has 9 heteroatoms. The van der Waals surface area contributed by atoms with Gasteiger partial charge in [0, 0.05) is 24.2 Å². The Morgan fingerprint density at radius 1 is 1.03 bits per heavy atom. The van der Waals surface area contributed by atoms with E-state index in [4.69, 9.17) is 11.1 Å². The number of anilines is 2. The molecule has 1 aliphatic rings. The van der Waals surface area contributed by atoms with E-state index in [1.165, 1.54) is 0 Å². The summed E-state index contributed by atoms with van der Waals surface area (Å²) in [4.78, 5) is 15.0. The van der Waals surface area contributed by atoms with Crippen molar-refractivity contribution < 1.29 is 13.2 Å². The summed E-state index contributed by atoms with van der Waals surface area (Å²) in [6.07, 6.45) is 2.61. The van der Waals surface area contributed by atoms with E-state index in [-0.39, 0.29) is 29.0 Å². The maximum atomic E-state index is 13.1. The standard InChI is InChI=1S/C25H26N4O3S.ClH/c26-25(27)20-11-8-18(9-12-20)10-15-24(30)29-16-4-5-19-13-14-21(17-23(19)29)28-33(31,32)22-6-2-1-3-7-22;/h1-3,6-9,11-14,17,28H,4-5,10,15-16H2,(H3,26,27);1H. The van der Waals surface area contributed by atoms with Gasteiger partial charge in [0.2, 0.25) is 5.91 Å². The fourth-order valence-corrected chi connectivity index (χ4v) is 5.02. The molecule has 4 rings (SSSR count). The van der Waals surface area contributed by atoms with E-state index in [2.05, 4.69) is 4.72 Å². The Balaban J connectivity index is 0.00000324. The van der Waals surface area contributed by atoms with E-state index in [0.717, 1.165) is 29.7 Å². The van der Waals surface area contributed by atoms with E-state index < -0.39 is 10.0 Å². The molecule has 0 aromatic heterocycles. The molecule has 1 heterocycles. The number of hydrogen-bond acceptors (Lipinski definition) is 4. The molecule has 3 aromatic carbocycles. The minimum absolute atomic E-state index is 0. The quantitative estimate of drug-likeness (QED) is 0.335. The summed E-state index contributed by atoms with van der Waals surface area (Å²) >= 11 is 0. The lowest BCUT2D eigenvalue weighted by molar-refractivity contribution is -0.118. The Morgan fingerprint density at radius 3 is 2.41 bits per heavy atom. The Morgan fingerprint density at radius 2 is 1.74 bits per heavy atom. The van der Waals surface area contributed by atoms with Crippen LogP contribution in [0.5, 0.6) is 0 Å². The highest BCUT2D eigenvalue weighted by Crippen LogP contribution is 2.31. The van der Waals surface area contributed by atoms with Crippen LogP contribution in [0.2, 0.25) is 0 Å². The topological polar surface area (TPSA) is 116 Å². The second-order valence-electron chi connectivity index (χ2n) is 8.02. The number of carbonyl (C=O) groups excluding carboxylic acids is 1. The molecule has 0 saturated carbocycles. The van der Waals surface area contributed by atoms with Gasteiger partial charge in [-0.05, 0) is 54.7 Å². The monoisotopic (exact) mass is 498 g/mol. The van der Waals surface area contributed by atoms with Gasteiger partial charge in [-0.15, -0.1) is 12.4 Å². The molecular formula is C25H27ClN4O3S. The number of carbonyl (C=O) groups is 1. The summed E-state index contributed by atoms with van der Waals surface area (Å²) in [7, 11) is -3.71. The Hall–Kier alpha value is -3.36. The highest BCUT2D eigenvalue weighted by Gasteiger charge is 2.23. The maximum absolute atomic E-state index is 13.1. The van der Waals surface area contributed by atoms with Crippen molar-refractivity contribution in [2.75, 3.05) is 16.2 Å². The lowest BCUT2D eigenvalue weighted by Gasteiger charge is -2.30. The van der Waals surface area contributed by atoms with Crippen molar-refractivity contribution in [3.8, 4) is 0 Å². The SMILES string of the molecule is Cl.N=C(N)c1ccc(CCC(=O)N2CCCc3ccc(NS(=O)(=O)c4ccccc4)cc32)cc1. The molecule has 1 aliphatic heterocycles. The van der Waals surface area contributed by atoms with Gasteiger partial charge in [0.15, 0.2) is 0 Å². The minimum Gasteiger partial charge on any atom is -0.384 e. The first kappa shape index (κ1) is 25.3. The van der Waals surface area contributed by atoms with Crippen molar-refractivity contribution in [2.24, 2.45) is 5.73 Å². The molecule has 3 aromatic rings. The third-order valence-electron chi connectivity index (χ3n) is 5.70. The van der Waals surface area contributed by atoms with Gasteiger partial charge in [0.05, 0.1) is 10.6 Å². The molecule has 0 saturated heterocycles. The molecule has 1 amide bonds. The molecule has 0 spiro atoms. The van der Waals surface area contributed by atoms with Gasteiger partial charge in [-0.3, -0.25) is 14.9 Å². The van der Waals surface area contributed by atoms with Crippen LogP contribution in [0.1, 0.15) is 29.5 Å². The number of nitrogens with zero attached hydrogens (tertiary/aromatic N) is 1. The van der Waals surface area contributed by atoms with E-state index in [0.29, 0.717) is 30.6 Å². The molecule has 0 fully saturated rings. The lowest BCUT2D eigenvalue weighted by atomic mass is 10.00. The van der Waals surface area contributed by atoms with Crippen LogP contribution < -0.4 is 15.4 Å². The fourth-order valence-electron chi connectivity index (χ4n) is 3.95. The normalized spacial score (nSPS) is 12.9. The summed E-state index contributed by atoms with van der Waals surface area (Å²) in [5.41, 5.74) is 9.36. The first-order chi connectivity index (χ1) is 15.8. The first-order valence-corrected chi connectivity index (χ1v) is 12.3. The Labute approximate surface area is 206 Å². The highest BCUT2D eigenvalue weighted by atomic mass is 35.5. The Bertz CT molecular complexity index is 1280. The summed E-state index contributed by atoms with van der Waals surface area (Å²) in [5, 5.41) is 7.47. The molecule has 4 N–H and O–H groups in total. The van der Waals surface area contributed by atoms with Gasteiger partial charge < -0.3 is 10.6 Å². The van der Waals surface area contributed by atoms with Gasteiger partial charge in [-0.25, -0.2) is 8.42 Å². The van der Waals surface area contributed by atoms with Crippen molar-refractivity contribution in [2.45, 2.75) is 30.6 Å². The highest BCUT2D eigenvalue weighted by molar-refractivity contribution is 7.92. The van der Waals surface area contributed by atoms with E-state index in [1.807, 2.05) is 18.2 Å². The largest absolute Gasteiger partial charge is 0.384 e. The van der Waals surface area contributed by atoms with Crippen molar-refractivity contribution in [1.82, 2.24) is 0 Å². The van der Waals surface area contributed by atoms with Gasteiger partial charge in [0.1, 0.15) is 5.84 Å². The number of nitrogens with one attached hydrogen (secondary N) is 2. The second kappa shape index (κ2) is 10.7. The predicted octanol–water partition coefficient (Wildman–Crippen LogP) is 4.11. The molecule has 0 unspecified atom stereocenters. The van der Waals surface area contributed by atoms with Crippen molar-refractivity contribution in [3.63, 3.8) is 0 Å². The average Bonchev–Trinajstić information content (AvgIpc) is 2.82. The van der Waals surface area contributed by atoms with Crippen molar-refractivity contribution >= 4 is 45.5 Å². The number of nitrogen functional groups attached to an aromatic ring is 1. The number of amidine groups is 1. The minimum atomic E-state index is -3.71. The number of nitrogens with two attached hydrogens (primary N) is 1. The summed E-state index contributed by atoms with van der Waals surface area (Å²) < 4.78 is 28.0. The van der Waals surface area contributed by atoms with Crippen LogP contribution in [-0.2, 0) is 27.7 Å². The van der Waals surface area contributed by atoms with Crippen LogP contribution in [0.15, 0.2) is 77.7 Å². The maximum Gasteiger partial charge on any atom is 0.261 e. The number of sulfonamides is 1. The predicted molar refractivity (Wildman–Crippen MR) is 137 cm³/mol. The van der Waals surface area contributed by atoms with Crippen LogP contribution in [0.25, 0.3) is 0 Å². The molecule has 7 nitrogen and oxygen atoms in total. The van der Waals surface area contributed by atoms with Gasteiger partial charge in [-0.1, -0.05) is 48.5 Å². The average molecular weight is 499 g/mol. The van der Waals surface area contributed by atoms with E-state index in [9.17, 15) is 13.2 Å². The third-order valence-corrected chi connectivity index (χ3v) is 7.10. The molecule has 0 atom stereocenters. The second-order valence-corrected chi connectivity index (χ2v) is 9.70. The smallest absolute Gasteiger partial charge is 0.261 e. The van der Waals surface area contributed by atoms with Gasteiger partial charge >= 0.3 is 0 Å². The van der Waals surface area contributed by atoms with Crippen LogP contribution in [-0.4, -0.2) is 26.7 Å². The summed E-state index contributed by atoms with van der Waals surface area (Å²) in [6, 6.07) is 20.9. The van der Waals surface area contributed by atoms with Crippen LogP contribution in [0.4, 0.5) is 11.4 Å². The third kappa shape index (κ3) is 5.76. The molecule has 34 heavy (non-hydrogen) atoms. The molecular weight excluding hydrogens is 472 g/mol. The summed E-state index contributed by atoms with van der Waals surface area (Å²) in [6.45, 7) is 0.601. The number of aryl methyl sites for hydroxylation is 2. The lowest BCUT2D eigenvalue weighted by Crippen LogP contribution is -2.35.